The number of benzene rings is 2. The van der Waals surface area contributed by atoms with Gasteiger partial charge in [-0.3, -0.25) is 9.59 Å². The Bertz CT molecular complexity index is 1270. The number of hydrogen-bond acceptors (Lipinski definition) is 3. The molecule has 150 valence electrons. The third-order valence-electron chi connectivity index (χ3n) is 4.74. The average molecular weight is 419 g/mol. The molecule has 0 atom stereocenters. The molecule has 6 nitrogen and oxygen atoms in total. The number of nitrogens with one attached hydrogen (secondary N) is 1. The number of nitrogens with zero attached hydrogens (tertiary/aromatic N) is 3. The minimum absolute atomic E-state index is 0.290. The van der Waals surface area contributed by atoms with E-state index in [1.807, 2.05) is 31.2 Å². The highest BCUT2D eigenvalue weighted by Crippen LogP contribution is 2.25. The van der Waals surface area contributed by atoms with Crippen molar-refractivity contribution in [2.75, 3.05) is 5.32 Å². The van der Waals surface area contributed by atoms with Gasteiger partial charge in [-0.1, -0.05) is 41.9 Å². The maximum Gasteiger partial charge on any atom is 0.282 e. The Kier molecular flexibility index (Phi) is 5.25. The molecule has 0 bridgehead atoms. The molecule has 7 heteroatoms. The van der Waals surface area contributed by atoms with Crippen molar-refractivity contribution in [1.82, 2.24) is 14.3 Å². The minimum atomic E-state index is -0.379. The van der Waals surface area contributed by atoms with Crippen LogP contribution >= 0.6 is 11.6 Å². The summed E-state index contributed by atoms with van der Waals surface area (Å²) >= 11 is 6.17. The number of amides is 1. The van der Waals surface area contributed by atoms with Crippen molar-refractivity contribution in [3.8, 4) is 16.9 Å². The lowest BCUT2D eigenvalue weighted by molar-refractivity contribution is 0.102. The zero-order valence-electron chi connectivity index (χ0n) is 16.3. The molecule has 2 aliphatic rings. The van der Waals surface area contributed by atoms with Crippen LogP contribution < -0.4 is 10.9 Å². The molecule has 2 heterocycles. The van der Waals surface area contributed by atoms with Crippen LogP contribution in [0.4, 0.5) is 5.69 Å². The quantitative estimate of drug-likeness (QED) is 0.484. The predicted molar refractivity (Wildman–Crippen MR) is 119 cm³/mol. The zero-order chi connectivity index (χ0) is 21.3. The van der Waals surface area contributed by atoms with E-state index in [1.54, 1.807) is 47.3 Å². The molecule has 0 unspecified atom stereocenters. The van der Waals surface area contributed by atoms with Gasteiger partial charge in [0.1, 0.15) is 5.69 Å². The summed E-state index contributed by atoms with van der Waals surface area (Å²) in [4.78, 5) is 26.1. The van der Waals surface area contributed by atoms with Crippen LogP contribution in [0.15, 0.2) is 78.4 Å². The van der Waals surface area contributed by atoms with Crippen molar-refractivity contribution >= 4 is 23.2 Å². The Morgan fingerprint density at radius 2 is 1.97 bits per heavy atom. The van der Waals surface area contributed by atoms with Crippen LogP contribution in [-0.2, 0) is 6.54 Å². The van der Waals surface area contributed by atoms with Crippen LogP contribution in [0.5, 0.6) is 0 Å². The summed E-state index contributed by atoms with van der Waals surface area (Å²) in [6.45, 7) is 6.07. The molecule has 4 rings (SSSR count). The Morgan fingerprint density at radius 1 is 1.20 bits per heavy atom. The van der Waals surface area contributed by atoms with Gasteiger partial charge in [-0.2, -0.15) is 9.78 Å². The molecule has 30 heavy (non-hydrogen) atoms. The molecule has 2 aromatic carbocycles. The molecule has 1 amide bonds. The fraction of sp³-hybridized carbons (Fsp3) is 0.0870. The van der Waals surface area contributed by atoms with Crippen molar-refractivity contribution in [1.29, 1.82) is 0 Å². The predicted octanol–water partition coefficient (Wildman–Crippen LogP) is 4.54. The minimum Gasteiger partial charge on any atom is -0.349 e. The maximum atomic E-state index is 13.1. The van der Waals surface area contributed by atoms with Gasteiger partial charge < -0.3 is 9.88 Å². The number of carbonyl (C=O) groups excluding carboxylic acids is 1. The number of anilines is 1. The largest absolute Gasteiger partial charge is 0.349 e. The smallest absolute Gasteiger partial charge is 0.282 e. The van der Waals surface area contributed by atoms with E-state index in [0.717, 1.165) is 5.56 Å². The molecule has 0 aromatic heterocycles. The van der Waals surface area contributed by atoms with E-state index in [2.05, 4.69) is 17.0 Å². The molecular weight excluding hydrogens is 400 g/mol. The van der Waals surface area contributed by atoms with Crippen LogP contribution in [0.3, 0.4) is 0 Å². The summed E-state index contributed by atoms with van der Waals surface area (Å²) < 4.78 is 3.05. The highest BCUT2D eigenvalue weighted by molar-refractivity contribution is 6.31. The first kappa shape index (κ1) is 19.7. The Morgan fingerprint density at radius 3 is 2.67 bits per heavy atom. The first-order valence-corrected chi connectivity index (χ1v) is 9.72. The summed E-state index contributed by atoms with van der Waals surface area (Å²) in [6.07, 6.45) is 5.04. The van der Waals surface area contributed by atoms with Gasteiger partial charge in [0, 0.05) is 29.6 Å². The summed E-state index contributed by atoms with van der Waals surface area (Å²) in [5, 5.41) is 7.86. The highest BCUT2D eigenvalue weighted by atomic mass is 35.5. The van der Waals surface area contributed by atoms with Gasteiger partial charge in [0.25, 0.3) is 11.5 Å². The number of carbonyl (C=O) groups is 1. The van der Waals surface area contributed by atoms with E-state index in [1.165, 1.54) is 4.68 Å². The number of pyridine rings is 1. The number of allylic oxidation sites excluding steroid dienone is 1. The number of hydrogen-bond donors (Lipinski definition) is 1. The van der Waals surface area contributed by atoms with E-state index in [9.17, 15) is 9.59 Å². The number of aryl methyl sites for hydroxylation is 1. The molecule has 2 aromatic rings. The van der Waals surface area contributed by atoms with Crippen molar-refractivity contribution in [2.45, 2.75) is 13.5 Å². The number of fused-ring (bicyclic) bond motifs is 1. The second kappa shape index (κ2) is 8.00. The van der Waals surface area contributed by atoms with Gasteiger partial charge in [-0.05, 0) is 36.8 Å². The Labute approximate surface area is 178 Å². The second-order valence-electron chi connectivity index (χ2n) is 6.89. The van der Waals surface area contributed by atoms with E-state index in [0.29, 0.717) is 34.2 Å². The van der Waals surface area contributed by atoms with Crippen molar-refractivity contribution in [3.05, 3.63) is 100 Å². The van der Waals surface area contributed by atoms with Crippen LogP contribution in [0.2, 0.25) is 5.02 Å². The number of para-hydroxylation sites is 1. The molecule has 2 aliphatic heterocycles. The lowest BCUT2D eigenvalue weighted by atomic mass is 10.1. The van der Waals surface area contributed by atoms with Crippen molar-refractivity contribution in [2.24, 2.45) is 0 Å². The summed E-state index contributed by atoms with van der Waals surface area (Å²) in [5.74, 6) is -0.379. The van der Waals surface area contributed by atoms with Crippen LogP contribution in [0.1, 0.15) is 15.9 Å². The van der Waals surface area contributed by atoms with Crippen LogP contribution in [0.25, 0.3) is 16.9 Å². The SMILES string of the molecule is C=CCn1cc(C(=O)Nc2ccc(C)c(Cl)c2)c2nn(-c3ccccc3)c(=O)c-2c1. The maximum absolute atomic E-state index is 13.1. The summed E-state index contributed by atoms with van der Waals surface area (Å²) in [6, 6.07) is 14.4. The summed E-state index contributed by atoms with van der Waals surface area (Å²) in [5.41, 5.74) is 2.80. The fourth-order valence-electron chi connectivity index (χ4n) is 3.19. The lowest BCUT2D eigenvalue weighted by Gasteiger charge is -2.12. The molecule has 0 spiro atoms. The molecule has 1 N–H and O–H groups in total. The van der Waals surface area contributed by atoms with Gasteiger partial charge in [0.15, 0.2) is 0 Å². The molecule has 0 aliphatic carbocycles. The second-order valence-corrected chi connectivity index (χ2v) is 7.30. The van der Waals surface area contributed by atoms with Crippen molar-refractivity contribution < 1.29 is 4.79 Å². The number of rotatable bonds is 5. The standard InChI is InChI=1S/C23H19ClN4O2/c1-3-11-27-13-18(22(29)25-16-10-9-15(2)20(24)12-16)21-19(14-27)23(30)28(26-21)17-7-5-4-6-8-17/h3-10,12-14H,1,11H2,2H3,(H,25,29). The van der Waals surface area contributed by atoms with Gasteiger partial charge in [0.05, 0.1) is 16.8 Å². The topological polar surface area (TPSA) is 68.9 Å². The lowest BCUT2D eigenvalue weighted by Crippen LogP contribution is -2.17. The van der Waals surface area contributed by atoms with Crippen molar-refractivity contribution in [3.63, 3.8) is 0 Å². The molecule has 0 fully saturated rings. The first-order valence-electron chi connectivity index (χ1n) is 9.34. The monoisotopic (exact) mass is 418 g/mol. The zero-order valence-corrected chi connectivity index (χ0v) is 17.1. The molecule has 0 saturated carbocycles. The van der Waals surface area contributed by atoms with Gasteiger partial charge in [-0.25, -0.2) is 0 Å². The van der Waals surface area contributed by atoms with E-state index < -0.39 is 0 Å². The number of aromatic nitrogens is 3. The van der Waals surface area contributed by atoms with Gasteiger partial charge in [-0.15, -0.1) is 6.58 Å². The highest BCUT2D eigenvalue weighted by Gasteiger charge is 2.24. The molecule has 0 saturated heterocycles. The van der Waals surface area contributed by atoms with E-state index in [4.69, 9.17) is 11.6 Å². The third-order valence-corrected chi connectivity index (χ3v) is 5.15. The van der Waals surface area contributed by atoms with E-state index in [-0.39, 0.29) is 17.0 Å². The Hall–Kier alpha value is -3.64. The third kappa shape index (κ3) is 3.65. The van der Waals surface area contributed by atoms with E-state index >= 15 is 0 Å². The summed E-state index contributed by atoms with van der Waals surface area (Å²) in [7, 11) is 0. The fourth-order valence-corrected chi connectivity index (χ4v) is 3.37. The number of halogens is 1. The van der Waals surface area contributed by atoms with Crippen LogP contribution in [-0.4, -0.2) is 20.3 Å². The average Bonchev–Trinajstić information content (AvgIpc) is 3.08. The first-order chi connectivity index (χ1) is 14.5. The van der Waals surface area contributed by atoms with Crippen LogP contribution in [0, 0.1) is 6.92 Å². The Balaban J connectivity index is 1.83. The molecular formula is C23H19ClN4O2. The molecule has 0 radical (unpaired) electrons. The van der Waals surface area contributed by atoms with Gasteiger partial charge in [0.2, 0.25) is 0 Å². The van der Waals surface area contributed by atoms with Gasteiger partial charge >= 0.3 is 0 Å². The normalized spacial score (nSPS) is 10.9.